The van der Waals surface area contributed by atoms with E-state index >= 15 is 0 Å². The van der Waals surface area contributed by atoms with Gasteiger partial charge in [0, 0.05) is 19.3 Å². The average molecular weight is 1140 g/mol. The molecule has 0 fully saturated rings. The van der Waals surface area contributed by atoms with Gasteiger partial charge < -0.3 is 24.2 Å². The zero-order chi connectivity index (χ0) is 58.3. The number of hydrogen-bond donors (Lipinski definition) is 2. The lowest BCUT2D eigenvalue weighted by molar-refractivity contribution is -0.161. The van der Waals surface area contributed by atoms with Crippen molar-refractivity contribution in [2.24, 2.45) is 0 Å². The number of rotatable bonds is 58. The van der Waals surface area contributed by atoms with Crippen LogP contribution >= 0.6 is 7.82 Å². The van der Waals surface area contributed by atoms with Gasteiger partial charge in [0.2, 0.25) is 0 Å². The summed E-state index contributed by atoms with van der Waals surface area (Å²) in [7, 11) is -4.78. The van der Waals surface area contributed by atoms with Crippen molar-refractivity contribution in [2.45, 2.75) is 277 Å². The van der Waals surface area contributed by atoms with Crippen molar-refractivity contribution >= 4 is 25.7 Å². The number of aliphatic hydroxyl groups excluding tert-OH is 1. The molecule has 0 aliphatic rings. The summed E-state index contributed by atoms with van der Waals surface area (Å²) in [4.78, 5) is 48.7. The molecule has 3 atom stereocenters. The van der Waals surface area contributed by atoms with Gasteiger partial charge in [-0.25, -0.2) is 4.57 Å². The normalized spacial score (nSPS) is 14.0. The molecule has 2 N–H and O–H groups in total. The highest BCUT2D eigenvalue weighted by atomic mass is 31.2. The maximum absolute atomic E-state index is 12.9. The molecule has 0 rings (SSSR count). The Hall–Kier alpha value is -3.86. The van der Waals surface area contributed by atoms with E-state index in [9.17, 15) is 28.9 Å². The van der Waals surface area contributed by atoms with Gasteiger partial charge in [0.25, 0.3) is 0 Å². The van der Waals surface area contributed by atoms with Gasteiger partial charge in [-0.15, -0.1) is 0 Å². The van der Waals surface area contributed by atoms with Crippen LogP contribution in [-0.2, 0) is 42.2 Å². The summed E-state index contributed by atoms with van der Waals surface area (Å²) in [6.45, 7) is 4.42. The molecular formula is C68H115O11P. The Labute approximate surface area is 488 Å². The molecule has 0 aromatic carbocycles. The van der Waals surface area contributed by atoms with E-state index in [4.69, 9.17) is 23.3 Å². The molecule has 80 heavy (non-hydrogen) atoms. The van der Waals surface area contributed by atoms with Crippen molar-refractivity contribution in [1.82, 2.24) is 0 Å². The first kappa shape index (κ1) is 76.1. The summed E-state index contributed by atoms with van der Waals surface area (Å²) in [5.41, 5.74) is 0. The highest BCUT2D eigenvalue weighted by Gasteiger charge is 2.28. The van der Waals surface area contributed by atoms with Gasteiger partial charge in [-0.2, -0.15) is 0 Å². The molecule has 0 radical (unpaired) electrons. The summed E-state index contributed by atoms with van der Waals surface area (Å²) < 4.78 is 39.6. The van der Waals surface area contributed by atoms with Crippen LogP contribution in [-0.4, -0.2) is 66.5 Å². The monoisotopic (exact) mass is 1140 g/mol. The summed E-state index contributed by atoms with van der Waals surface area (Å²) >= 11 is 0. The SMILES string of the molecule is CC/C=C\C/C=C\C/C=C\C/C=C\C/C=C\CCCC(=O)OC(COC(=O)CCCCCCCCCCC/C=C\C/C=C\CCCCC)COP(=O)(O)OCC(CO)OC(=O)CCCCCCCCC/C=C\C/C=C\CCCCC. The van der Waals surface area contributed by atoms with E-state index in [1.54, 1.807) is 0 Å². The molecule has 0 aromatic heterocycles. The Morgan fingerprint density at radius 2 is 0.662 bits per heavy atom. The van der Waals surface area contributed by atoms with Crippen LogP contribution in [0.5, 0.6) is 0 Å². The summed E-state index contributed by atoms with van der Waals surface area (Å²) in [6.07, 6.45) is 74.7. The van der Waals surface area contributed by atoms with E-state index in [1.807, 2.05) is 12.2 Å². The standard InChI is InChI=1S/C68H115O11P/c1-4-7-10-13-16-19-22-25-28-31-32-35-36-39-42-45-48-51-54-57-66(70)75-61-65(79-68(72)59-56-53-50-47-44-41-38-34-30-27-24-21-18-15-12-9-6-3)63-77-80(73,74)76-62-64(60-69)78-67(71)58-55-52-49-46-43-40-37-33-29-26-23-20-17-14-11-8-5-2/h9,12,16-21,25-30,38,41,47,50,64-65,69H,4-8,10-11,13-15,22-24,31-37,39-40,42-46,48-49,51-63H2,1-3H3,(H,73,74)/b12-9-,19-16-,20-17-,21-18-,28-25-,29-26-,30-27-,41-38-,50-47-. The Morgan fingerprint density at radius 3 is 1.05 bits per heavy atom. The van der Waals surface area contributed by atoms with E-state index in [2.05, 4.69) is 118 Å². The lowest BCUT2D eigenvalue weighted by atomic mass is 10.1. The van der Waals surface area contributed by atoms with Crippen molar-refractivity contribution in [3.8, 4) is 0 Å². The van der Waals surface area contributed by atoms with Crippen LogP contribution in [0.2, 0.25) is 0 Å². The van der Waals surface area contributed by atoms with Crippen LogP contribution in [0, 0.1) is 0 Å². The second kappa shape index (κ2) is 61.2. The third-order valence-corrected chi connectivity index (χ3v) is 14.1. The van der Waals surface area contributed by atoms with Crippen LogP contribution < -0.4 is 0 Å². The smallest absolute Gasteiger partial charge is 0.462 e. The molecule has 458 valence electrons. The molecule has 11 nitrogen and oxygen atoms in total. The molecule has 0 spiro atoms. The second-order valence-corrected chi connectivity index (χ2v) is 22.3. The summed E-state index contributed by atoms with van der Waals surface area (Å²) in [5, 5.41) is 9.85. The van der Waals surface area contributed by atoms with Crippen molar-refractivity contribution in [1.29, 1.82) is 0 Å². The van der Waals surface area contributed by atoms with E-state index in [0.717, 1.165) is 103 Å². The number of ether oxygens (including phenoxy) is 3. The van der Waals surface area contributed by atoms with E-state index in [1.165, 1.54) is 96.3 Å². The van der Waals surface area contributed by atoms with E-state index in [-0.39, 0.29) is 25.9 Å². The zero-order valence-electron chi connectivity index (χ0n) is 50.8. The average Bonchev–Trinajstić information content (AvgIpc) is 3.45. The first-order valence-electron chi connectivity index (χ1n) is 31.8. The van der Waals surface area contributed by atoms with Crippen molar-refractivity contribution in [2.75, 3.05) is 26.4 Å². The lowest BCUT2D eigenvalue weighted by Crippen LogP contribution is -2.30. The van der Waals surface area contributed by atoms with Gasteiger partial charge in [-0.3, -0.25) is 23.4 Å². The van der Waals surface area contributed by atoms with Crippen molar-refractivity contribution in [3.05, 3.63) is 109 Å². The van der Waals surface area contributed by atoms with E-state index < -0.39 is 57.8 Å². The highest BCUT2D eigenvalue weighted by Crippen LogP contribution is 2.43. The summed E-state index contributed by atoms with van der Waals surface area (Å²) in [6, 6.07) is 0. The number of phosphoric acid groups is 1. The minimum absolute atomic E-state index is 0.0836. The van der Waals surface area contributed by atoms with Gasteiger partial charge >= 0.3 is 25.7 Å². The quantitative estimate of drug-likeness (QED) is 0.0197. The number of esters is 3. The van der Waals surface area contributed by atoms with Gasteiger partial charge in [0.1, 0.15) is 12.7 Å². The maximum atomic E-state index is 12.9. The molecule has 12 heteroatoms. The molecule has 0 aromatic rings. The van der Waals surface area contributed by atoms with Gasteiger partial charge in [-0.1, -0.05) is 233 Å². The predicted molar refractivity (Wildman–Crippen MR) is 334 cm³/mol. The first-order valence-corrected chi connectivity index (χ1v) is 33.3. The third-order valence-electron chi connectivity index (χ3n) is 13.1. The second-order valence-electron chi connectivity index (χ2n) is 20.8. The largest absolute Gasteiger partial charge is 0.472 e. The molecule has 0 heterocycles. The number of carbonyl (C=O) groups excluding carboxylic acids is 3. The summed E-state index contributed by atoms with van der Waals surface area (Å²) in [5.74, 6) is -1.55. The van der Waals surface area contributed by atoms with Crippen LogP contribution in [0.4, 0.5) is 0 Å². The van der Waals surface area contributed by atoms with Crippen LogP contribution in [0.3, 0.4) is 0 Å². The van der Waals surface area contributed by atoms with Gasteiger partial charge in [-0.05, 0) is 122 Å². The Balaban J connectivity index is 4.78. The third kappa shape index (κ3) is 58.8. The number of allylic oxidation sites excluding steroid dienone is 18. The maximum Gasteiger partial charge on any atom is 0.472 e. The Morgan fingerprint density at radius 1 is 0.362 bits per heavy atom. The number of carbonyl (C=O) groups is 3. The molecule has 0 bridgehead atoms. The fraction of sp³-hybridized carbons (Fsp3) is 0.691. The van der Waals surface area contributed by atoms with Crippen LogP contribution in [0.15, 0.2) is 109 Å². The minimum Gasteiger partial charge on any atom is -0.462 e. The van der Waals surface area contributed by atoms with Crippen LogP contribution in [0.1, 0.15) is 265 Å². The van der Waals surface area contributed by atoms with E-state index in [0.29, 0.717) is 25.7 Å². The topological polar surface area (TPSA) is 155 Å². The van der Waals surface area contributed by atoms with Crippen molar-refractivity contribution in [3.63, 3.8) is 0 Å². The Kier molecular flexibility index (Phi) is 58.3. The predicted octanol–water partition coefficient (Wildman–Crippen LogP) is 19.4. The lowest BCUT2D eigenvalue weighted by Gasteiger charge is -2.21. The minimum atomic E-state index is -4.78. The van der Waals surface area contributed by atoms with Crippen molar-refractivity contribution < 1.29 is 52.2 Å². The number of unbranched alkanes of at least 4 members (excludes halogenated alkanes) is 23. The molecule has 0 amide bonds. The first-order chi connectivity index (χ1) is 39.2. The Bertz CT molecular complexity index is 1760. The molecule has 0 aliphatic carbocycles. The number of phosphoric ester groups is 1. The molecule has 0 aliphatic heterocycles. The number of aliphatic hydroxyl groups is 1. The fourth-order valence-electron chi connectivity index (χ4n) is 8.33. The molecular weight excluding hydrogens is 1020 g/mol. The molecule has 0 saturated carbocycles. The zero-order valence-corrected chi connectivity index (χ0v) is 51.7. The van der Waals surface area contributed by atoms with Crippen LogP contribution in [0.25, 0.3) is 0 Å². The fourth-order valence-corrected chi connectivity index (χ4v) is 9.12. The number of hydrogen-bond acceptors (Lipinski definition) is 10. The highest BCUT2D eigenvalue weighted by molar-refractivity contribution is 7.47. The molecule has 3 unspecified atom stereocenters. The molecule has 0 saturated heterocycles. The van der Waals surface area contributed by atoms with Gasteiger partial charge in [0.15, 0.2) is 6.10 Å². The van der Waals surface area contributed by atoms with Gasteiger partial charge in [0.05, 0.1) is 19.8 Å².